The molecule has 0 N–H and O–H groups in total. The highest BCUT2D eigenvalue weighted by molar-refractivity contribution is 6.34. The first-order chi connectivity index (χ1) is 30.1. The molecule has 0 unspecified atom stereocenters. The van der Waals surface area contributed by atoms with E-state index in [1.54, 1.807) is 72.8 Å². The summed E-state index contributed by atoms with van der Waals surface area (Å²) in [6.45, 7) is 0. The standard InChI is InChI=1S/C56H34F6/c57-55(58,59)47-33-39(29-31-41(47)35-17-5-1-6-18-35)51-45-27-15-16-28-46(45)52(40-30-32-42(36-19-7-2-8-20-36)48(34-40)56(60,61)62)54-50(38-23-11-4-12-24-38)44-26-14-13-25-43(44)49(53(51)54)37-21-9-3-10-22-37/h1-34H. The molecule has 300 valence electrons. The maximum absolute atomic E-state index is 15.4. The van der Waals surface area contributed by atoms with E-state index in [2.05, 4.69) is 0 Å². The van der Waals surface area contributed by atoms with Crippen LogP contribution in [-0.4, -0.2) is 0 Å². The Hall–Kier alpha value is -7.44. The first-order valence-corrected chi connectivity index (χ1v) is 20.2. The fourth-order valence-corrected chi connectivity index (χ4v) is 9.14. The van der Waals surface area contributed by atoms with Crippen molar-refractivity contribution < 1.29 is 26.3 Å². The molecule has 0 aliphatic carbocycles. The van der Waals surface area contributed by atoms with Crippen LogP contribution in [0.4, 0.5) is 26.3 Å². The van der Waals surface area contributed by atoms with E-state index in [-0.39, 0.29) is 11.1 Å². The molecule has 0 aromatic heterocycles. The Labute approximate surface area is 354 Å². The SMILES string of the molecule is FC(F)(F)c1cc(-c2c3ccccc3c(-c3ccc(-c4ccccc4)c(C(F)(F)F)c3)c3c(-c4ccccc4)c4ccccc4c(-c4ccccc4)c23)ccc1-c1ccccc1. The molecule has 0 spiro atoms. The topological polar surface area (TPSA) is 0 Å². The lowest BCUT2D eigenvalue weighted by Crippen LogP contribution is -2.08. The van der Waals surface area contributed by atoms with Gasteiger partial charge in [-0.1, -0.05) is 194 Å². The van der Waals surface area contributed by atoms with Crippen LogP contribution in [0.2, 0.25) is 0 Å². The van der Waals surface area contributed by atoms with Crippen molar-refractivity contribution in [2.45, 2.75) is 12.4 Å². The first-order valence-electron chi connectivity index (χ1n) is 20.2. The highest BCUT2D eigenvalue weighted by Crippen LogP contribution is 2.55. The van der Waals surface area contributed by atoms with Gasteiger partial charge < -0.3 is 0 Å². The molecule has 0 heterocycles. The number of hydrogen-bond donors (Lipinski definition) is 0. The van der Waals surface area contributed by atoms with E-state index in [1.807, 2.05) is 109 Å². The molecule has 0 atom stereocenters. The van der Waals surface area contributed by atoms with E-state index in [0.717, 1.165) is 33.0 Å². The smallest absolute Gasteiger partial charge is 0.166 e. The average molecular weight is 821 g/mol. The molecule has 10 aromatic carbocycles. The Bertz CT molecular complexity index is 3060. The van der Waals surface area contributed by atoms with Gasteiger partial charge in [-0.2, -0.15) is 26.3 Å². The molecule has 10 aromatic rings. The van der Waals surface area contributed by atoms with E-state index in [4.69, 9.17) is 0 Å². The van der Waals surface area contributed by atoms with Crippen molar-refractivity contribution in [3.05, 3.63) is 217 Å². The Morgan fingerprint density at radius 2 is 0.500 bits per heavy atom. The molecule has 0 amide bonds. The summed E-state index contributed by atoms with van der Waals surface area (Å²) in [5.74, 6) is 0. The van der Waals surface area contributed by atoms with E-state index < -0.39 is 23.5 Å². The lowest BCUT2D eigenvalue weighted by atomic mass is 9.77. The van der Waals surface area contributed by atoms with E-state index in [9.17, 15) is 0 Å². The van der Waals surface area contributed by atoms with Crippen molar-refractivity contribution in [3.8, 4) is 66.8 Å². The van der Waals surface area contributed by atoms with Gasteiger partial charge in [0.2, 0.25) is 0 Å². The van der Waals surface area contributed by atoms with Gasteiger partial charge in [0, 0.05) is 0 Å². The predicted octanol–water partition coefficient (Wildman–Crippen LogP) is 17.2. The zero-order valence-electron chi connectivity index (χ0n) is 32.9. The molecule has 62 heavy (non-hydrogen) atoms. The normalized spacial score (nSPS) is 12.0. The summed E-state index contributed by atoms with van der Waals surface area (Å²) in [6.07, 6.45) is -9.43. The van der Waals surface area contributed by atoms with E-state index in [0.29, 0.717) is 54.9 Å². The van der Waals surface area contributed by atoms with Gasteiger partial charge in [-0.3, -0.25) is 0 Å². The highest BCUT2D eigenvalue weighted by Gasteiger charge is 2.36. The molecule has 0 radical (unpaired) electrons. The quantitative estimate of drug-likeness (QED) is 0.116. The summed E-state index contributed by atoms with van der Waals surface area (Å²) in [5, 5.41) is 4.15. The predicted molar refractivity (Wildman–Crippen MR) is 242 cm³/mol. The molecule has 0 saturated heterocycles. The minimum atomic E-state index is -4.72. The number of halogens is 6. The van der Waals surface area contributed by atoms with Gasteiger partial charge in [-0.15, -0.1) is 0 Å². The lowest BCUT2D eigenvalue weighted by Gasteiger charge is -2.26. The van der Waals surface area contributed by atoms with Gasteiger partial charge in [-0.25, -0.2) is 0 Å². The molecular weight excluding hydrogens is 787 g/mol. The summed E-state index contributed by atoms with van der Waals surface area (Å²) >= 11 is 0. The highest BCUT2D eigenvalue weighted by atomic mass is 19.4. The Kier molecular flexibility index (Phi) is 9.52. The van der Waals surface area contributed by atoms with Crippen molar-refractivity contribution in [1.82, 2.24) is 0 Å². The molecule has 0 bridgehead atoms. The summed E-state index contributed by atoms with van der Waals surface area (Å²) < 4.78 is 92.3. The van der Waals surface area contributed by atoms with Gasteiger partial charge >= 0.3 is 12.4 Å². The zero-order valence-corrected chi connectivity index (χ0v) is 32.9. The summed E-state index contributed by atoms with van der Waals surface area (Å²) in [5.41, 5.74) is 4.24. The third kappa shape index (κ3) is 6.69. The largest absolute Gasteiger partial charge is 0.417 e. The Balaban J connectivity index is 1.46. The Morgan fingerprint density at radius 3 is 0.790 bits per heavy atom. The third-order valence-electron chi connectivity index (χ3n) is 11.7. The molecule has 0 fully saturated rings. The van der Waals surface area contributed by atoms with Crippen LogP contribution in [0.5, 0.6) is 0 Å². The number of benzene rings is 10. The molecule has 6 heteroatoms. The van der Waals surface area contributed by atoms with Crippen LogP contribution in [0.15, 0.2) is 206 Å². The van der Waals surface area contributed by atoms with Crippen molar-refractivity contribution in [2.24, 2.45) is 0 Å². The zero-order chi connectivity index (χ0) is 42.6. The van der Waals surface area contributed by atoms with Crippen LogP contribution in [0.3, 0.4) is 0 Å². The second-order valence-electron chi connectivity index (χ2n) is 15.3. The average Bonchev–Trinajstić information content (AvgIpc) is 3.30. The maximum atomic E-state index is 15.4. The van der Waals surface area contributed by atoms with Crippen molar-refractivity contribution in [1.29, 1.82) is 0 Å². The minimum absolute atomic E-state index is 0.0453. The molecule has 0 saturated carbocycles. The van der Waals surface area contributed by atoms with Crippen LogP contribution in [0.1, 0.15) is 11.1 Å². The van der Waals surface area contributed by atoms with Crippen LogP contribution < -0.4 is 0 Å². The maximum Gasteiger partial charge on any atom is 0.417 e. The second-order valence-corrected chi connectivity index (χ2v) is 15.3. The van der Waals surface area contributed by atoms with Crippen LogP contribution in [0, 0.1) is 0 Å². The Morgan fingerprint density at radius 1 is 0.242 bits per heavy atom. The number of alkyl halides is 6. The van der Waals surface area contributed by atoms with Gasteiger partial charge in [0.15, 0.2) is 0 Å². The summed E-state index contributed by atoms with van der Waals surface area (Å²) in [6, 6.07) is 60.6. The molecular formula is C56H34F6. The monoisotopic (exact) mass is 820 g/mol. The molecule has 0 aliphatic heterocycles. The van der Waals surface area contributed by atoms with E-state index >= 15 is 26.3 Å². The minimum Gasteiger partial charge on any atom is -0.166 e. The van der Waals surface area contributed by atoms with Crippen molar-refractivity contribution >= 4 is 32.3 Å². The lowest BCUT2D eigenvalue weighted by molar-refractivity contribution is -0.137. The fourth-order valence-electron chi connectivity index (χ4n) is 9.14. The van der Waals surface area contributed by atoms with Gasteiger partial charge in [-0.05, 0) is 111 Å². The van der Waals surface area contributed by atoms with Crippen LogP contribution in [-0.2, 0) is 12.4 Å². The summed E-state index contributed by atoms with van der Waals surface area (Å²) in [7, 11) is 0. The molecule has 10 rings (SSSR count). The number of hydrogen-bond acceptors (Lipinski definition) is 0. The van der Waals surface area contributed by atoms with Crippen molar-refractivity contribution in [3.63, 3.8) is 0 Å². The van der Waals surface area contributed by atoms with Crippen molar-refractivity contribution in [2.75, 3.05) is 0 Å². The number of fused-ring (bicyclic) bond motifs is 3. The van der Waals surface area contributed by atoms with Gasteiger partial charge in [0.25, 0.3) is 0 Å². The third-order valence-corrected chi connectivity index (χ3v) is 11.7. The van der Waals surface area contributed by atoms with Gasteiger partial charge in [0.1, 0.15) is 0 Å². The molecule has 0 aliphatic rings. The number of rotatable bonds is 6. The van der Waals surface area contributed by atoms with Gasteiger partial charge in [0.05, 0.1) is 11.1 Å². The second kappa shape index (κ2) is 15.2. The van der Waals surface area contributed by atoms with Crippen LogP contribution in [0.25, 0.3) is 99.1 Å². The first kappa shape index (κ1) is 38.7. The van der Waals surface area contributed by atoms with Crippen LogP contribution >= 0.6 is 0 Å². The molecule has 0 nitrogen and oxygen atoms in total. The fraction of sp³-hybridized carbons (Fsp3) is 0.0357. The summed E-state index contributed by atoms with van der Waals surface area (Å²) in [4.78, 5) is 0. The van der Waals surface area contributed by atoms with E-state index in [1.165, 1.54) is 24.3 Å².